The van der Waals surface area contributed by atoms with E-state index in [2.05, 4.69) is 15.2 Å². The summed E-state index contributed by atoms with van der Waals surface area (Å²) in [5, 5.41) is 4.41. The van der Waals surface area contributed by atoms with Gasteiger partial charge in [0.2, 0.25) is 0 Å². The maximum Gasteiger partial charge on any atom is 0.253 e. The van der Waals surface area contributed by atoms with Gasteiger partial charge in [-0.05, 0) is 30.7 Å². The number of nitrogens with one attached hydrogen (secondary N) is 1. The van der Waals surface area contributed by atoms with Gasteiger partial charge >= 0.3 is 0 Å². The number of rotatable bonds is 2. The largest absolute Gasteiger partial charge is 0.337 e. The molecule has 136 valence electrons. The standard InChI is InChI=1S/C18H22N4O.2ClH/c23-18(15-3-4-17-14(12-15)2-1-6-20-17)22-9-5-16(13-22)21-10-7-19-8-11-21;;/h1-4,6,12,16,19H,5,7-11,13H2;2*1H. The van der Waals surface area contributed by atoms with Crippen molar-refractivity contribution >= 4 is 41.6 Å². The van der Waals surface area contributed by atoms with E-state index in [1.165, 1.54) is 0 Å². The van der Waals surface area contributed by atoms with Gasteiger partial charge in [-0.2, -0.15) is 0 Å². The molecule has 1 aromatic heterocycles. The zero-order chi connectivity index (χ0) is 15.6. The van der Waals surface area contributed by atoms with Crippen molar-refractivity contribution in [1.82, 2.24) is 20.1 Å². The fourth-order valence-electron chi connectivity index (χ4n) is 3.66. The molecule has 0 bridgehead atoms. The lowest BCUT2D eigenvalue weighted by Gasteiger charge is -2.32. The highest BCUT2D eigenvalue weighted by atomic mass is 35.5. The molecule has 1 amide bonds. The highest BCUT2D eigenvalue weighted by Gasteiger charge is 2.31. The number of carbonyl (C=O) groups excluding carboxylic acids is 1. The van der Waals surface area contributed by atoms with Gasteiger partial charge in [-0.25, -0.2) is 0 Å². The fraction of sp³-hybridized carbons (Fsp3) is 0.444. The summed E-state index contributed by atoms with van der Waals surface area (Å²) in [5.41, 5.74) is 1.70. The van der Waals surface area contributed by atoms with E-state index in [-0.39, 0.29) is 30.7 Å². The summed E-state index contributed by atoms with van der Waals surface area (Å²) < 4.78 is 0. The molecule has 2 aliphatic heterocycles. The average molecular weight is 383 g/mol. The Morgan fingerprint density at radius 1 is 1.12 bits per heavy atom. The summed E-state index contributed by atoms with van der Waals surface area (Å²) in [5.74, 6) is 0.147. The molecule has 1 atom stereocenters. The lowest BCUT2D eigenvalue weighted by Crippen LogP contribution is -2.49. The minimum absolute atomic E-state index is 0. The third-order valence-corrected chi connectivity index (χ3v) is 4.97. The topological polar surface area (TPSA) is 48.5 Å². The number of aromatic nitrogens is 1. The number of likely N-dealkylation sites (tertiary alicyclic amines) is 1. The summed E-state index contributed by atoms with van der Waals surface area (Å²) in [6.45, 7) is 6.01. The van der Waals surface area contributed by atoms with Crippen LogP contribution in [-0.4, -0.2) is 66.0 Å². The maximum atomic E-state index is 12.8. The Bertz CT molecular complexity index is 721. The molecule has 3 heterocycles. The van der Waals surface area contributed by atoms with E-state index in [0.717, 1.165) is 62.2 Å². The molecule has 4 rings (SSSR count). The SMILES string of the molecule is Cl.Cl.O=C(c1ccc2ncccc2c1)N1CCC(N2CCNCC2)C1. The van der Waals surface area contributed by atoms with Crippen LogP contribution in [0, 0.1) is 0 Å². The zero-order valence-electron chi connectivity index (χ0n) is 14.1. The van der Waals surface area contributed by atoms with Crippen LogP contribution in [0.25, 0.3) is 10.9 Å². The first-order valence-electron chi connectivity index (χ1n) is 8.40. The maximum absolute atomic E-state index is 12.8. The van der Waals surface area contributed by atoms with Gasteiger partial charge in [0.05, 0.1) is 5.52 Å². The van der Waals surface area contributed by atoms with E-state index in [1.54, 1.807) is 6.20 Å². The van der Waals surface area contributed by atoms with Crippen molar-refractivity contribution in [2.75, 3.05) is 39.3 Å². The number of halogens is 2. The molecule has 2 aromatic rings. The van der Waals surface area contributed by atoms with E-state index in [1.807, 2.05) is 35.2 Å². The van der Waals surface area contributed by atoms with E-state index in [4.69, 9.17) is 0 Å². The number of fused-ring (bicyclic) bond motifs is 1. The van der Waals surface area contributed by atoms with Crippen LogP contribution in [-0.2, 0) is 0 Å². The molecule has 1 aromatic carbocycles. The van der Waals surface area contributed by atoms with Gasteiger partial charge in [-0.15, -0.1) is 24.8 Å². The second kappa shape index (κ2) is 8.81. The second-order valence-corrected chi connectivity index (χ2v) is 6.39. The van der Waals surface area contributed by atoms with E-state index in [9.17, 15) is 4.79 Å². The minimum atomic E-state index is 0. The molecule has 0 spiro atoms. The first kappa shape index (κ1) is 19.9. The number of hydrogen-bond acceptors (Lipinski definition) is 4. The predicted octanol–water partition coefficient (Wildman–Crippen LogP) is 2.20. The average Bonchev–Trinajstić information content (AvgIpc) is 3.11. The molecule has 5 nitrogen and oxygen atoms in total. The summed E-state index contributed by atoms with van der Waals surface area (Å²) in [6.07, 6.45) is 2.86. The smallest absolute Gasteiger partial charge is 0.253 e. The van der Waals surface area contributed by atoms with Crippen LogP contribution >= 0.6 is 24.8 Å². The van der Waals surface area contributed by atoms with Gasteiger partial charge in [0.1, 0.15) is 0 Å². The van der Waals surface area contributed by atoms with Crippen molar-refractivity contribution in [3.8, 4) is 0 Å². The van der Waals surface area contributed by atoms with E-state index in [0.29, 0.717) is 6.04 Å². The molecule has 0 saturated carbocycles. The molecule has 1 N–H and O–H groups in total. The highest BCUT2D eigenvalue weighted by molar-refractivity contribution is 5.98. The summed E-state index contributed by atoms with van der Waals surface area (Å²) in [7, 11) is 0. The normalized spacial score (nSPS) is 20.8. The van der Waals surface area contributed by atoms with E-state index < -0.39 is 0 Å². The van der Waals surface area contributed by atoms with Crippen LogP contribution < -0.4 is 5.32 Å². The Kier molecular flexibility index (Phi) is 7.02. The number of hydrogen-bond donors (Lipinski definition) is 1. The number of piperazine rings is 1. The Hall–Kier alpha value is -1.40. The van der Waals surface area contributed by atoms with Crippen LogP contribution in [0.3, 0.4) is 0 Å². The third kappa shape index (κ3) is 4.23. The Labute approximate surface area is 160 Å². The minimum Gasteiger partial charge on any atom is -0.337 e. The Morgan fingerprint density at radius 2 is 1.92 bits per heavy atom. The monoisotopic (exact) mass is 382 g/mol. The zero-order valence-corrected chi connectivity index (χ0v) is 15.7. The van der Waals surface area contributed by atoms with Crippen molar-refractivity contribution in [1.29, 1.82) is 0 Å². The van der Waals surface area contributed by atoms with Gasteiger partial charge in [0, 0.05) is 62.5 Å². The molecular weight excluding hydrogens is 359 g/mol. The van der Waals surface area contributed by atoms with Crippen molar-refractivity contribution in [2.24, 2.45) is 0 Å². The molecule has 25 heavy (non-hydrogen) atoms. The molecule has 0 radical (unpaired) electrons. The summed E-state index contributed by atoms with van der Waals surface area (Å²) in [6, 6.07) is 10.2. The highest BCUT2D eigenvalue weighted by Crippen LogP contribution is 2.20. The number of nitrogens with zero attached hydrogens (tertiary/aromatic N) is 3. The lowest BCUT2D eigenvalue weighted by molar-refractivity contribution is 0.0773. The Morgan fingerprint density at radius 3 is 2.72 bits per heavy atom. The summed E-state index contributed by atoms with van der Waals surface area (Å²) in [4.78, 5) is 21.6. The van der Waals surface area contributed by atoms with Gasteiger partial charge in [0.15, 0.2) is 0 Å². The van der Waals surface area contributed by atoms with Crippen molar-refractivity contribution < 1.29 is 4.79 Å². The fourth-order valence-corrected chi connectivity index (χ4v) is 3.66. The number of benzene rings is 1. The molecule has 0 aliphatic carbocycles. The number of carbonyl (C=O) groups is 1. The van der Waals surface area contributed by atoms with Crippen LogP contribution in [0.2, 0.25) is 0 Å². The third-order valence-electron chi connectivity index (χ3n) is 4.97. The van der Waals surface area contributed by atoms with Crippen LogP contribution in [0.5, 0.6) is 0 Å². The number of amides is 1. The molecule has 2 fully saturated rings. The summed E-state index contributed by atoms with van der Waals surface area (Å²) >= 11 is 0. The molecule has 1 unspecified atom stereocenters. The van der Waals surface area contributed by atoms with Gasteiger partial charge in [-0.3, -0.25) is 14.7 Å². The van der Waals surface area contributed by atoms with Gasteiger partial charge in [0.25, 0.3) is 5.91 Å². The Balaban J connectivity index is 0.00000113. The molecule has 2 saturated heterocycles. The molecule has 2 aliphatic rings. The van der Waals surface area contributed by atoms with Crippen LogP contribution in [0.1, 0.15) is 16.8 Å². The van der Waals surface area contributed by atoms with Gasteiger partial charge < -0.3 is 10.2 Å². The van der Waals surface area contributed by atoms with E-state index >= 15 is 0 Å². The number of pyridine rings is 1. The van der Waals surface area contributed by atoms with Crippen LogP contribution in [0.15, 0.2) is 36.5 Å². The molecular formula is C18H24Cl2N4O. The van der Waals surface area contributed by atoms with Gasteiger partial charge in [-0.1, -0.05) is 6.07 Å². The van der Waals surface area contributed by atoms with Crippen molar-refractivity contribution in [3.05, 3.63) is 42.1 Å². The second-order valence-electron chi connectivity index (χ2n) is 6.39. The van der Waals surface area contributed by atoms with Crippen molar-refractivity contribution in [3.63, 3.8) is 0 Å². The van der Waals surface area contributed by atoms with Crippen molar-refractivity contribution in [2.45, 2.75) is 12.5 Å². The van der Waals surface area contributed by atoms with Crippen LogP contribution in [0.4, 0.5) is 0 Å². The predicted molar refractivity (Wildman–Crippen MR) is 105 cm³/mol. The first-order valence-corrected chi connectivity index (χ1v) is 8.40. The quantitative estimate of drug-likeness (QED) is 0.864. The lowest BCUT2D eigenvalue weighted by atomic mass is 10.1. The molecule has 7 heteroatoms. The first-order chi connectivity index (χ1) is 11.3.